The standard InChI is InChI=1S/C15H18N2O2/c1-12(16)15-8-7-14(11-17-15)19-10-9-18-13-5-3-2-4-6-13/h2-8,11-12H,9-10,16H2,1H3/t12-/m1/s1. The van der Waals surface area contributed by atoms with E-state index in [1.54, 1.807) is 6.20 Å². The van der Waals surface area contributed by atoms with Crippen LogP contribution in [-0.2, 0) is 0 Å². The average molecular weight is 258 g/mol. The van der Waals surface area contributed by atoms with Crippen molar-refractivity contribution in [2.45, 2.75) is 13.0 Å². The van der Waals surface area contributed by atoms with Crippen LogP contribution in [0.3, 0.4) is 0 Å². The number of nitrogens with two attached hydrogens (primary N) is 1. The Balaban J connectivity index is 1.74. The first-order valence-electron chi connectivity index (χ1n) is 6.28. The van der Waals surface area contributed by atoms with E-state index < -0.39 is 0 Å². The number of hydrogen-bond acceptors (Lipinski definition) is 4. The van der Waals surface area contributed by atoms with Gasteiger partial charge in [0.05, 0.1) is 11.9 Å². The zero-order valence-electron chi connectivity index (χ0n) is 11.0. The summed E-state index contributed by atoms with van der Waals surface area (Å²) in [4.78, 5) is 4.22. The third-order valence-electron chi connectivity index (χ3n) is 2.59. The summed E-state index contributed by atoms with van der Waals surface area (Å²) in [7, 11) is 0. The van der Waals surface area contributed by atoms with Crippen LogP contribution < -0.4 is 15.2 Å². The summed E-state index contributed by atoms with van der Waals surface area (Å²) in [5.74, 6) is 1.57. The normalized spacial score (nSPS) is 11.9. The summed E-state index contributed by atoms with van der Waals surface area (Å²) >= 11 is 0. The van der Waals surface area contributed by atoms with Crippen LogP contribution >= 0.6 is 0 Å². The molecule has 0 radical (unpaired) electrons. The van der Waals surface area contributed by atoms with Crippen LogP contribution in [0.2, 0.25) is 0 Å². The summed E-state index contributed by atoms with van der Waals surface area (Å²) in [5.41, 5.74) is 6.58. The van der Waals surface area contributed by atoms with Crippen LogP contribution in [-0.4, -0.2) is 18.2 Å². The molecule has 100 valence electrons. The Morgan fingerprint density at radius 2 is 1.68 bits per heavy atom. The lowest BCUT2D eigenvalue weighted by Crippen LogP contribution is -2.10. The first-order chi connectivity index (χ1) is 9.25. The largest absolute Gasteiger partial charge is 0.490 e. The molecule has 0 spiro atoms. The molecule has 0 unspecified atom stereocenters. The summed E-state index contributed by atoms with van der Waals surface area (Å²) in [6.45, 7) is 2.88. The van der Waals surface area contributed by atoms with Crippen molar-refractivity contribution in [3.8, 4) is 11.5 Å². The Kier molecular flexibility index (Phi) is 4.75. The van der Waals surface area contributed by atoms with Crippen LogP contribution in [0.25, 0.3) is 0 Å². The topological polar surface area (TPSA) is 57.4 Å². The average Bonchev–Trinajstić information content (AvgIpc) is 2.45. The van der Waals surface area contributed by atoms with Crippen molar-refractivity contribution in [3.05, 3.63) is 54.4 Å². The maximum absolute atomic E-state index is 5.73. The molecule has 2 aromatic rings. The molecule has 0 fully saturated rings. The molecular weight excluding hydrogens is 240 g/mol. The minimum atomic E-state index is -0.0598. The summed E-state index contributed by atoms with van der Waals surface area (Å²) in [6, 6.07) is 13.3. The van der Waals surface area contributed by atoms with Crippen molar-refractivity contribution < 1.29 is 9.47 Å². The molecular formula is C15H18N2O2. The molecule has 1 aromatic heterocycles. The molecule has 0 saturated heterocycles. The van der Waals surface area contributed by atoms with Gasteiger partial charge in [-0.25, -0.2) is 0 Å². The van der Waals surface area contributed by atoms with Crippen LogP contribution in [0, 0.1) is 0 Å². The first-order valence-corrected chi connectivity index (χ1v) is 6.28. The van der Waals surface area contributed by atoms with Gasteiger partial charge in [-0.3, -0.25) is 4.98 Å². The van der Waals surface area contributed by atoms with E-state index in [4.69, 9.17) is 15.2 Å². The molecule has 4 nitrogen and oxygen atoms in total. The minimum Gasteiger partial charge on any atom is -0.490 e. The molecule has 4 heteroatoms. The number of hydrogen-bond donors (Lipinski definition) is 1. The van der Waals surface area contributed by atoms with E-state index in [2.05, 4.69) is 4.98 Å². The smallest absolute Gasteiger partial charge is 0.137 e. The molecule has 19 heavy (non-hydrogen) atoms. The number of benzene rings is 1. The lowest BCUT2D eigenvalue weighted by molar-refractivity contribution is 0.216. The van der Waals surface area contributed by atoms with Gasteiger partial charge in [0, 0.05) is 6.04 Å². The minimum absolute atomic E-state index is 0.0598. The van der Waals surface area contributed by atoms with Crippen molar-refractivity contribution in [1.29, 1.82) is 0 Å². The molecule has 1 atom stereocenters. The van der Waals surface area contributed by atoms with E-state index in [9.17, 15) is 0 Å². The van der Waals surface area contributed by atoms with Gasteiger partial charge in [-0.2, -0.15) is 0 Å². The van der Waals surface area contributed by atoms with Crippen molar-refractivity contribution in [1.82, 2.24) is 4.98 Å². The number of pyridine rings is 1. The molecule has 2 N–H and O–H groups in total. The van der Waals surface area contributed by atoms with Crippen molar-refractivity contribution in [3.63, 3.8) is 0 Å². The van der Waals surface area contributed by atoms with Gasteiger partial charge in [-0.15, -0.1) is 0 Å². The maximum Gasteiger partial charge on any atom is 0.137 e. The fourth-order valence-corrected chi connectivity index (χ4v) is 1.58. The van der Waals surface area contributed by atoms with E-state index >= 15 is 0 Å². The highest BCUT2D eigenvalue weighted by Crippen LogP contribution is 2.13. The quantitative estimate of drug-likeness (QED) is 0.809. The van der Waals surface area contributed by atoms with Gasteiger partial charge in [-0.1, -0.05) is 18.2 Å². The van der Waals surface area contributed by atoms with Crippen LogP contribution in [0.5, 0.6) is 11.5 Å². The fraction of sp³-hybridized carbons (Fsp3) is 0.267. The Morgan fingerprint density at radius 3 is 2.26 bits per heavy atom. The van der Waals surface area contributed by atoms with Gasteiger partial charge < -0.3 is 15.2 Å². The van der Waals surface area contributed by atoms with Crippen LogP contribution in [0.1, 0.15) is 18.7 Å². The number of rotatable bonds is 6. The third kappa shape index (κ3) is 4.26. The molecule has 0 saturated carbocycles. The molecule has 0 amide bonds. The van der Waals surface area contributed by atoms with Gasteiger partial charge in [0.25, 0.3) is 0 Å². The molecule has 0 aliphatic rings. The Morgan fingerprint density at radius 1 is 1.00 bits per heavy atom. The zero-order chi connectivity index (χ0) is 13.5. The van der Waals surface area contributed by atoms with Crippen molar-refractivity contribution in [2.24, 2.45) is 5.73 Å². The van der Waals surface area contributed by atoms with Crippen LogP contribution in [0.15, 0.2) is 48.7 Å². The molecule has 0 bridgehead atoms. The van der Waals surface area contributed by atoms with Gasteiger partial charge in [-0.05, 0) is 31.2 Å². The summed E-state index contributed by atoms with van der Waals surface area (Å²) in [6.07, 6.45) is 1.68. The van der Waals surface area contributed by atoms with Gasteiger partial charge in [0.15, 0.2) is 0 Å². The molecule has 0 aliphatic heterocycles. The summed E-state index contributed by atoms with van der Waals surface area (Å²) in [5, 5.41) is 0. The third-order valence-corrected chi connectivity index (χ3v) is 2.59. The van der Waals surface area contributed by atoms with E-state index in [1.807, 2.05) is 49.4 Å². The van der Waals surface area contributed by atoms with E-state index in [0.717, 1.165) is 17.2 Å². The van der Waals surface area contributed by atoms with E-state index in [1.165, 1.54) is 0 Å². The van der Waals surface area contributed by atoms with Crippen molar-refractivity contribution >= 4 is 0 Å². The Hall–Kier alpha value is -2.07. The van der Waals surface area contributed by atoms with Gasteiger partial charge in [0.1, 0.15) is 24.7 Å². The SMILES string of the molecule is C[C@@H](N)c1ccc(OCCOc2ccccc2)cn1. The predicted molar refractivity (Wildman–Crippen MR) is 74.3 cm³/mol. The van der Waals surface area contributed by atoms with E-state index in [-0.39, 0.29) is 6.04 Å². The number of ether oxygens (including phenoxy) is 2. The predicted octanol–water partition coefficient (Wildman–Crippen LogP) is 2.56. The second-order valence-corrected chi connectivity index (χ2v) is 4.22. The zero-order valence-corrected chi connectivity index (χ0v) is 11.0. The lowest BCUT2D eigenvalue weighted by atomic mass is 10.2. The highest BCUT2D eigenvalue weighted by molar-refractivity contribution is 5.22. The molecule has 0 aliphatic carbocycles. The number of aromatic nitrogens is 1. The number of nitrogens with zero attached hydrogens (tertiary/aromatic N) is 1. The van der Waals surface area contributed by atoms with E-state index in [0.29, 0.717) is 13.2 Å². The monoisotopic (exact) mass is 258 g/mol. The highest BCUT2D eigenvalue weighted by atomic mass is 16.5. The highest BCUT2D eigenvalue weighted by Gasteiger charge is 2.01. The Labute approximate surface area is 113 Å². The molecule has 1 aromatic carbocycles. The van der Waals surface area contributed by atoms with Crippen molar-refractivity contribution in [2.75, 3.05) is 13.2 Å². The molecule has 2 rings (SSSR count). The first kappa shape index (κ1) is 13.4. The second-order valence-electron chi connectivity index (χ2n) is 4.22. The van der Waals surface area contributed by atoms with Crippen LogP contribution in [0.4, 0.5) is 0 Å². The lowest BCUT2D eigenvalue weighted by Gasteiger charge is -2.09. The van der Waals surface area contributed by atoms with Gasteiger partial charge >= 0.3 is 0 Å². The molecule has 1 heterocycles. The Bertz CT molecular complexity index is 483. The second kappa shape index (κ2) is 6.75. The van der Waals surface area contributed by atoms with Gasteiger partial charge in [0.2, 0.25) is 0 Å². The maximum atomic E-state index is 5.73. The number of para-hydroxylation sites is 1. The summed E-state index contributed by atoms with van der Waals surface area (Å²) < 4.78 is 11.1. The fourth-order valence-electron chi connectivity index (χ4n) is 1.58.